The van der Waals surface area contributed by atoms with E-state index in [2.05, 4.69) is 0 Å². The highest BCUT2D eigenvalue weighted by Gasteiger charge is 2.34. The molecular weight excluding hydrogens is 242 g/mol. The van der Waals surface area contributed by atoms with Gasteiger partial charge in [0.1, 0.15) is 12.3 Å². The zero-order valence-corrected chi connectivity index (χ0v) is 10.2. The molecule has 0 spiro atoms. The molecule has 0 bridgehead atoms. The Labute approximate surface area is 104 Å². The Hall–Kier alpha value is -0.950. The Morgan fingerprint density at radius 1 is 1.59 bits per heavy atom. The lowest BCUT2D eigenvalue weighted by molar-refractivity contribution is -0.0452. The fraction of sp³-hybridized carbons (Fsp3) is 0.545. The van der Waals surface area contributed by atoms with Gasteiger partial charge in [0.25, 0.3) is 0 Å². The predicted octanol–water partition coefficient (Wildman–Crippen LogP) is 0.872. The molecule has 3 N–H and O–H groups in total. The number of hydrogen-bond acceptors (Lipinski definition) is 5. The monoisotopic (exact) mass is 257 g/mol. The van der Waals surface area contributed by atoms with Gasteiger partial charge in [-0.3, -0.25) is 0 Å². The highest BCUT2D eigenvalue weighted by atomic mass is 32.1. The lowest BCUT2D eigenvalue weighted by atomic mass is 10.2. The fourth-order valence-electron chi connectivity index (χ4n) is 2.00. The van der Waals surface area contributed by atoms with Gasteiger partial charge in [-0.2, -0.15) is 0 Å². The van der Waals surface area contributed by atoms with Crippen LogP contribution in [0.5, 0.6) is 5.75 Å². The van der Waals surface area contributed by atoms with E-state index in [1.807, 2.05) is 0 Å². The summed E-state index contributed by atoms with van der Waals surface area (Å²) in [6, 6.07) is 1.61. The van der Waals surface area contributed by atoms with E-state index in [4.69, 9.17) is 22.1 Å². The number of rotatable bonds is 2. The third-order valence-electron chi connectivity index (χ3n) is 3.04. The van der Waals surface area contributed by atoms with Crippen molar-refractivity contribution in [2.75, 3.05) is 6.61 Å². The summed E-state index contributed by atoms with van der Waals surface area (Å²) in [7, 11) is 0. The zero-order chi connectivity index (χ0) is 12.6. The van der Waals surface area contributed by atoms with Gasteiger partial charge < -0.3 is 24.6 Å². The molecule has 5 nitrogen and oxygen atoms in total. The van der Waals surface area contributed by atoms with E-state index in [1.54, 1.807) is 23.8 Å². The third-order valence-corrected chi connectivity index (χ3v) is 3.37. The van der Waals surface area contributed by atoms with Crippen LogP contribution in [0, 0.1) is 11.4 Å². The number of aliphatic hydroxyl groups is 2. The first kappa shape index (κ1) is 12.5. The van der Waals surface area contributed by atoms with E-state index in [0.29, 0.717) is 16.6 Å². The second kappa shape index (κ2) is 4.73. The molecular formula is C11H15NO4S. The van der Waals surface area contributed by atoms with Crippen molar-refractivity contribution in [1.82, 2.24) is 4.57 Å². The molecule has 17 heavy (non-hydrogen) atoms. The van der Waals surface area contributed by atoms with Gasteiger partial charge >= 0.3 is 0 Å². The van der Waals surface area contributed by atoms with Crippen molar-refractivity contribution in [2.24, 2.45) is 0 Å². The summed E-state index contributed by atoms with van der Waals surface area (Å²) in [6.45, 7) is 1.51. The molecule has 0 saturated carbocycles. The first-order chi connectivity index (χ1) is 8.04. The maximum Gasteiger partial charge on any atom is 0.152 e. The summed E-state index contributed by atoms with van der Waals surface area (Å²) < 4.78 is 7.60. The molecule has 0 amide bonds. The molecule has 1 aromatic rings. The minimum absolute atomic E-state index is 0.0491. The predicted molar refractivity (Wildman–Crippen MR) is 63.3 cm³/mol. The first-order valence-electron chi connectivity index (χ1n) is 5.39. The van der Waals surface area contributed by atoms with Gasteiger partial charge in [0.05, 0.1) is 22.9 Å². The minimum atomic E-state index is -0.692. The fourth-order valence-corrected chi connectivity index (χ4v) is 2.21. The average molecular weight is 257 g/mol. The van der Waals surface area contributed by atoms with Crippen molar-refractivity contribution in [1.29, 1.82) is 0 Å². The third kappa shape index (κ3) is 2.21. The van der Waals surface area contributed by atoms with E-state index >= 15 is 0 Å². The Morgan fingerprint density at radius 3 is 2.88 bits per heavy atom. The summed E-state index contributed by atoms with van der Waals surface area (Å²) in [5.41, 5.74) is 0.591. The molecule has 0 aromatic carbocycles. The molecule has 2 rings (SSSR count). The van der Waals surface area contributed by atoms with Crippen LogP contribution in [-0.2, 0) is 4.74 Å². The zero-order valence-electron chi connectivity index (χ0n) is 9.41. The Balaban J connectivity index is 2.31. The summed E-state index contributed by atoms with van der Waals surface area (Å²) in [5.74, 6) is 0.0491. The average Bonchev–Trinajstić information content (AvgIpc) is 2.67. The number of hydrogen-bond donors (Lipinski definition) is 3. The van der Waals surface area contributed by atoms with Crippen LogP contribution in [0.3, 0.4) is 0 Å². The number of aromatic hydroxyl groups is 1. The Kier molecular flexibility index (Phi) is 3.48. The van der Waals surface area contributed by atoms with Crippen molar-refractivity contribution in [3.8, 4) is 5.75 Å². The maximum absolute atomic E-state index is 9.74. The molecule has 1 fully saturated rings. The number of nitrogens with zero attached hydrogens (tertiary/aromatic N) is 1. The summed E-state index contributed by atoms with van der Waals surface area (Å²) in [5, 5.41) is 28.4. The lowest BCUT2D eigenvalue weighted by Crippen LogP contribution is -2.24. The van der Waals surface area contributed by atoms with Crippen molar-refractivity contribution < 1.29 is 20.1 Å². The summed E-state index contributed by atoms with van der Waals surface area (Å²) in [4.78, 5) is 0. The maximum atomic E-state index is 9.74. The van der Waals surface area contributed by atoms with Crippen LogP contribution in [0.25, 0.3) is 0 Å². The van der Waals surface area contributed by atoms with E-state index in [-0.39, 0.29) is 18.6 Å². The molecule has 0 radical (unpaired) electrons. The minimum Gasteiger partial charge on any atom is -0.505 e. The molecule has 6 heteroatoms. The van der Waals surface area contributed by atoms with Gasteiger partial charge in [-0.25, -0.2) is 0 Å². The SMILES string of the molecule is Cc1c(O)c(=S)ccn1[C@H]1CC(O)[C@@H](CO)O1. The van der Waals surface area contributed by atoms with Crippen LogP contribution in [0.15, 0.2) is 12.3 Å². The van der Waals surface area contributed by atoms with Gasteiger partial charge in [0.15, 0.2) is 5.75 Å². The van der Waals surface area contributed by atoms with Crippen molar-refractivity contribution in [3.63, 3.8) is 0 Å². The van der Waals surface area contributed by atoms with Crippen LogP contribution in [-0.4, -0.2) is 38.7 Å². The van der Waals surface area contributed by atoms with Gasteiger partial charge in [-0.05, 0) is 13.0 Å². The Morgan fingerprint density at radius 2 is 2.29 bits per heavy atom. The molecule has 0 aliphatic carbocycles. The van der Waals surface area contributed by atoms with Crippen LogP contribution in [0.2, 0.25) is 0 Å². The van der Waals surface area contributed by atoms with Gasteiger partial charge in [-0.1, -0.05) is 12.2 Å². The molecule has 1 aromatic heterocycles. The standard InChI is InChI=1S/C11H15NO4S/c1-6-11(15)9(17)2-3-12(6)10-4-7(14)8(5-13)16-10/h2-3,7-8,10,13-15H,4-5H2,1H3/t7?,8-,10-/m1/s1. The quantitative estimate of drug-likeness (QED) is 0.686. The van der Waals surface area contributed by atoms with Crippen molar-refractivity contribution >= 4 is 12.2 Å². The van der Waals surface area contributed by atoms with Gasteiger partial charge in [0.2, 0.25) is 0 Å². The summed E-state index contributed by atoms with van der Waals surface area (Å²) in [6.07, 6.45) is 0.449. The highest BCUT2D eigenvalue weighted by Crippen LogP contribution is 2.31. The highest BCUT2D eigenvalue weighted by molar-refractivity contribution is 7.71. The molecule has 1 aliphatic rings. The van der Waals surface area contributed by atoms with E-state index < -0.39 is 12.2 Å². The number of ether oxygens (including phenoxy) is 1. The lowest BCUT2D eigenvalue weighted by Gasteiger charge is -2.19. The number of pyridine rings is 1. The number of aliphatic hydroxyl groups excluding tert-OH is 2. The second-order valence-corrected chi connectivity index (χ2v) is 4.58. The van der Waals surface area contributed by atoms with Crippen LogP contribution in [0.1, 0.15) is 18.3 Å². The molecule has 2 heterocycles. The first-order valence-corrected chi connectivity index (χ1v) is 5.80. The smallest absolute Gasteiger partial charge is 0.152 e. The molecule has 1 saturated heterocycles. The van der Waals surface area contributed by atoms with Crippen molar-refractivity contribution in [3.05, 3.63) is 22.5 Å². The molecule has 3 atom stereocenters. The molecule has 1 aliphatic heterocycles. The van der Waals surface area contributed by atoms with Gasteiger partial charge in [0, 0.05) is 12.6 Å². The molecule has 94 valence electrons. The van der Waals surface area contributed by atoms with Crippen LogP contribution < -0.4 is 0 Å². The van der Waals surface area contributed by atoms with E-state index in [1.165, 1.54) is 0 Å². The molecule has 1 unspecified atom stereocenters. The van der Waals surface area contributed by atoms with Gasteiger partial charge in [-0.15, -0.1) is 0 Å². The second-order valence-electron chi connectivity index (χ2n) is 4.14. The summed E-state index contributed by atoms with van der Waals surface area (Å²) >= 11 is 4.95. The largest absolute Gasteiger partial charge is 0.505 e. The van der Waals surface area contributed by atoms with E-state index in [0.717, 1.165) is 0 Å². The Bertz CT molecular complexity index is 473. The van der Waals surface area contributed by atoms with Crippen LogP contribution in [0.4, 0.5) is 0 Å². The normalized spacial score (nSPS) is 28.5. The van der Waals surface area contributed by atoms with Crippen molar-refractivity contribution in [2.45, 2.75) is 31.8 Å². The van der Waals surface area contributed by atoms with E-state index in [9.17, 15) is 10.2 Å². The van der Waals surface area contributed by atoms with Crippen LogP contribution >= 0.6 is 12.2 Å². The topological polar surface area (TPSA) is 74.9 Å². The number of aromatic nitrogens is 1.